The Balaban J connectivity index is 2.04. The van der Waals surface area contributed by atoms with E-state index in [0.717, 1.165) is 44.0 Å². The van der Waals surface area contributed by atoms with Crippen LogP contribution >= 0.6 is 0 Å². The van der Waals surface area contributed by atoms with Crippen molar-refractivity contribution < 1.29 is 0 Å². The van der Waals surface area contributed by atoms with Gasteiger partial charge in [-0.1, -0.05) is 20.8 Å². The molecule has 0 saturated carbocycles. The number of anilines is 3. The van der Waals surface area contributed by atoms with Gasteiger partial charge in [-0.2, -0.15) is 15.0 Å². The molecule has 0 radical (unpaired) electrons. The van der Waals surface area contributed by atoms with Crippen molar-refractivity contribution in [2.75, 3.05) is 43.3 Å². The molecule has 236 valence electrons. The molecule has 2 fully saturated rings. The fourth-order valence-electron chi connectivity index (χ4n) is 7.91. The minimum atomic E-state index is -0.166. The van der Waals surface area contributed by atoms with Crippen molar-refractivity contribution in [3.05, 3.63) is 0 Å². The Labute approximate surface area is 253 Å². The molecule has 0 unspecified atom stereocenters. The average molecular weight is 573 g/mol. The van der Waals surface area contributed by atoms with E-state index >= 15 is 0 Å². The molecule has 0 atom stereocenters. The summed E-state index contributed by atoms with van der Waals surface area (Å²) in [6, 6.07) is 0.654. The summed E-state index contributed by atoms with van der Waals surface area (Å²) in [4.78, 5) is 25.0. The summed E-state index contributed by atoms with van der Waals surface area (Å²) < 4.78 is 0. The topological polar surface area (TPSA) is 63.7 Å². The fraction of sp³-hybridized carbons (Fsp3) is 0.909. The summed E-state index contributed by atoms with van der Waals surface area (Å²) in [5.41, 5.74) is 0.325. The van der Waals surface area contributed by atoms with Crippen LogP contribution in [0.25, 0.3) is 0 Å². The largest absolute Gasteiger partial charge is 0.349 e. The van der Waals surface area contributed by atoms with E-state index in [9.17, 15) is 0 Å². The third-order valence-electron chi connectivity index (χ3n) is 10.3. The number of hydrogen-bond donors (Lipinski definition) is 1. The maximum absolute atomic E-state index is 5.18. The van der Waals surface area contributed by atoms with Crippen molar-refractivity contribution in [2.24, 2.45) is 5.41 Å². The van der Waals surface area contributed by atoms with Crippen LogP contribution in [-0.4, -0.2) is 92.7 Å². The Bertz CT molecular complexity index is 965. The van der Waals surface area contributed by atoms with Gasteiger partial charge in [0.05, 0.1) is 0 Å². The summed E-state index contributed by atoms with van der Waals surface area (Å²) in [6.45, 7) is 30.2. The Morgan fingerprint density at radius 2 is 0.976 bits per heavy atom. The van der Waals surface area contributed by atoms with Crippen LogP contribution in [-0.2, 0) is 0 Å². The molecule has 0 aromatic carbocycles. The van der Waals surface area contributed by atoms with E-state index < -0.39 is 0 Å². The van der Waals surface area contributed by atoms with Gasteiger partial charge in [-0.3, -0.25) is 9.80 Å². The van der Waals surface area contributed by atoms with Gasteiger partial charge >= 0.3 is 0 Å². The number of likely N-dealkylation sites (tertiary alicyclic amines) is 2. The second-order valence-electron chi connectivity index (χ2n) is 17.7. The molecule has 0 spiro atoms. The zero-order chi connectivity index (χ0) is 31.6. The third-order valence-corrected chi connectivity index (χ3v) is 10.3. The summed E-state index contributed by atoms with van der Waals surface area (Å²) >= 11 is 0. The van der Waals surface area contributed by atoms with Crippen LogP contribution in [0.1, 0.15) is 122 Å². The highest BCUT2D eigenvalue weighted by Crippen LogP contribution is 2.41. The molecule has 3 heterocycles. The molecule has 2 aliphatic rings. The summed E-state index contributed by atoms with van der Waals surface area (Å²) in [5, 5.41) is 3.72. The lowest BCUT2D eigenvalue weighted by atomic mass is 9.77. The molecule has 1 aromatic heterocycles. The maximum Gasteiger partial charge on any atom is 0.231 e. The lowest BCUT2D eigenvalue weighted by molar-refractivity contribution is -0.0121. The molecular weight excluding hydrogens is 508 g/mol. The van der Waals surface area contributed by atoms with Gasteiger partial charge in [0.15, 0.2) is 0 Å². The smallest absolute Gasteiger partial charge is 0.231 e. The van der Waals surface area contributed by atoms with Crippen LogP contribution < -0.4 is 15.1 Å². The Morgan fingerprint density at radius 3 is 1.27 bits per heavy atom. The van der Waals surface area contributed by atoms with E-state index in [4.69, 9.17) is 15.0 Å². The van der Waals surface area contributed by atoms with Gasteiger partial charge in [0.1, 0.15) is 0 Å². The number of rotatable bonds is 7. The molecule has 0 amide bonds. The van der Waals surface area contributed by atoms with Gasteiger partial charge in [0.2, 0.25) is 17.8 Å². The predicted octanol–water partition coefficient (Wildman–Crippen LogP) is 6.67. The molecule has 8 nitrogen and oxygen atoms in total. The first-order valence-corrected chi connectivity index (χ1v) is 15.7. The maximum atomic E-state index is 5.18. The van der Waals surface area contributed by atoms with Crippen molar-refractivity contribution in [1.82, 2.24) is 24.8 Å². The first kappa shape index (κ1) is 33.8. The number of nitrogens with zero attached hydrogens (tertiary/aromatic N) is 7. The van der Waals surface area contributed by atoms with Crippen LogP contribution in [0.2, 0.25) is 0 Å². The zero-order valence-electron chi connectivity index (χ0n) is 29.8. The average Bonchev–Trinajstić information content (AvgIpc) is 2.76. The monoisotopic (exact) mass is 573 g/mol. The molecule has 1 aromatic rings. The normalized spacial score (nSPS) is 23.8. The number of nitrogens with one attached hydrogen (secondary N) is 1. The van der Waals surface area contributed by atoms with Crippen molar-refractivity contribution >= 4 is 17.8 Å². The highest BCUT2D eigenvalue weighted by molar-refractivity contribution is 5.47. The van der Waals surface area contributed by atoms with Crippen LogP contribution in [0.3, 0.4) is 0 Å². The van der Waals surface area contributed by atoms with Crippen molar-refractivity contribution in [1.29, 1.82) is 0 Å². The number of hydrogen-bond acceptors (Lipinski definition) is 8. The van der Waals surface area contributed by atoms with E-state index in [2.05, 4.69) is 143 Å². The van der Waals surface area contributed by atoms with Gasteiger partial charge < -0.3 is 15.1 Å². The van der Waals surface area contributed by atoms with Crippen LogP contribution in [0.5, 0.6) is 0 Å². The Morgan fingerprint density at radius 1 is 0.659 bits per heavy atom. The SMILES string of the molecule is CN(c1nc(NC(C)(C)CC(C)(C)C)nc(N(C)C2CC(C)(C)N(C)C(C)(C)C2)n1)C1CC(C)(C)N(C)C(C)(C)C1. The van der Waals surface area contributed by atoms with Gasteiger partial charge in [-0.05, 0) is 121 Å². The van der Waals surface area contributed by atoms with Gasteiger partial charge in [-0.25, -0.2) is 0 Å². The highest BCUT2D eigenvalue weighted by Gasteiger charge is 2.46. The molecule has 41 heavy (non-hydrogen) atoms. The molecule has 2 saturated heterocycles. The molecular formula is C33H64N8. The van der Waals surface area contributed by atoms with Crippen molar-refractivity contribution in [3.63, 3.8) is 0 Å². The van der Waals surface area contributed by atoms with E-state index in [1.165, 1.54) is 0 Å². The van der Waals surface area contributed by atoms with Crippen LogP contribution in [0.4, 0.5) is 17.8 Å². The second-order valence-corrected chi connectivity index (χ2v) is 17.7. The summed E-state index contributed by atoms with van der Waals surface area (Å²) in [6.07, 6.45) is 5.20. The fourth-order valence-corrected chi connectivity index (χ4v) is 7.91. The number of aromatic nitrogens is 3. The van der Waals surface area contributed by atoms with Gasteiger partial charge in [0, 0.05) is 53.9 Å². The standard InChI is InChI=1S/C33H64N8/c1-28(2,3)22-29(4,5)37-25-34-26(38(14)23-18-30(6,7)40(16)31(8,9)19-23)36-27(35-25)39(15)24-20-32(10,11)41(17)33(12,13)21-24/h23-24H,18-22H2,1-17H3,(H,34,35,36,37). The minimum Gasteiger partial charge on any atom is -0.349 e. The molecule has 0 aliphatic carbocycles. The first-order chi connectivity index (χ1) is 18.3. The second kappa shape index (κ2) is 10.8. The zero-order valence-corrected chi connectivity index (χ0v) is 29.8. The van der Waals surface area contributed by atoms with Crippen LogP contribution in [0, 0.1) is 5.41 Å². The molecule has 2 aliphatic heterocycles. The van der Waals surface area contributed by atoms with Gasteiger partial charge in [-0.15, -0.1) is 0 Å². The van der Waals surface area contributed by atoms with Crippen molar-refractivity contribution in [3.8, 4) is 0 Å². The summed E-state index contributed by atoms with van der Waals surface area (Å²) in [5.74, 6) is 2.17. The number of piperidine rings is 2. The molecule has 3 rings (SSSR count). The molecule has 8 heteroatoms. The van der Waals surface area contributed by atoms with E-state index in [1.807, 2.05) is 0 Å². The first-order valence-electron chi connectivity index (χ1n) is 15.7. The van der Waals surface area contributed by atoms with E-state index in [1.54, 1.807) is 0 Å². The van der Waals surface area contributed by atoms with Crippen molar-refractivity contribution in [2.45, 2.75) is 162 Å². The molecule has 0 bridgehead atoms. The Hall–Kier alpha value is -1.67. The molecule has 1 N–H and O–H groups in total. The van der Waals surface area contributed by atoms with E-state index in [0.29, 0.717) is 18.0 Å². The Kier molecular flexibility index (Phi) is 8.91. The lowest BCUT2D eigenvalue weighted by Crippen LogP contribution is -2.62. The third kappa shape index (κ3) is 7.65. The minimum absolute atomic E-state index is 0.0778. The summed E-state index contributed by atoms with van der Waals surface area (Å²) in [7, 11) is 8.87. The lowest BCUT2D eigenvalue weighted by Gasteiger charge is -2.55. The quantitative estimate of drug-likeness (QED) is 0.389. The highest BCUT2D eigenvalue weighted by atomic mass is 15.4. The van der Waals surface area contributed by atoms with Gasteiger partial charge in [0.25, 0.3) is 0 Å². The van der Waals surface area contributed by atoms with E-state index in [-0.39, 0.29) is 33.1 Å². The predicted molar refractivity (Wildman–Crippen MR) is 176 cm³/mol. The van der Waals surface area contributed by atoms with Crippen LogP contribution in [0.15, 0.2) is 0 Å².